The molecule has 118 valence electrons. The van der Waals surface area contributed by atoms with Crippen LogP contribution in [0, 0.1) is 5.92 Å². The zero-order valence-electron chi connectivity index (χ0n) is 13.6. The number of carbonyl (C=O) groups excluding carboxylic acids is 1. The molecule has 0 aliphatic carbocycles. The molecule has 1 unspecified atom stereocenters. The van der Waals surface area contributed by atoms with E-state index in [4.69, 9.17) is 5.73 Å². The summed E-state index contributed by atoms with van der Waals surface area (Å²) in [5.41, 5.74) is 5.50. The van der Waals surface area contributed by atoms with Crippen molar-refractivity contribution in [2.75, 3.05) is 46.3 Å². The smallest absolute Gasteiger partial charge is 0.222 e. The molecular formula is C15H32N4O. The first-order valence-electron chi connectivity index (χ1n) is 7.78. The zero-order chi connectivity index (χ0) is 15.2. The van der Waals surface area contributed by atoms with Crippen molar-refractivity contribution in [3.63, 3.8) is 0 Å². The van der Waals surface area contributed by atoms with Gasteiger partial charge in [0.05, 0.1) is 0 Å². The van der Waals surface area contributed by atoms with E-state index in [9.17, 15) is 4.79 Å². The third kappa shape index (κ3) is 5.38. The predicted octanol–water partition coefficient (Wildman–Crippen LogP) is 0.504. The van der Waals surface area contributed by atoms with E-state index in [1.165, 1.54) is 0 Å². The standard InChI is InChI=1S/C15H32N4O/c1-13(6-5-7-16)14(20)17-12-15(2,3)19-10-8-18(4)9-11-19/h13H,5-12,16H2,1-4H3,(H,17,20). The van der Waals surface area contributed by atoms with Gasteiger partial charge in [-0.05, 0) is 40.3 Å². The summed E-state index contributed by atoms with van der Waals surface area (Å²) in [5, 5.41) is 3.11. The Morgan fingerprint density at radius 2 is 1.90 bits per heavy atom. The summed E-state index contributed by atoms with van der Waals surface area (Å²) < 4.78 is 0. The molecule has 0 saturated carbocycles. The first-order valence-corrected chi connectivity index (χ1v) is 7.78. The second kappa shape index (κ2) is 7.96. The summed E-state index contributed by atoms with van der Waals surface area (Å²) in [7, 11) is 2.16. The Morgan fingerprint density at radius 1 is 1.30 bits per heavy atom. The van der Waals surface area contributed by atoms with Crippen LogP contribution in [-0.2, 0) is 4.79 Å². The van der Waals surface area contributed by atoms with Gasteiger partial charge in [0, 0.05) is 44.2 Å². The molecule has 1 aliphatic rings. The van der Waals surface area contributed by atoms with Crippen LogP contribution in [0.15, 0.2) is 0 Å². The highest BCUT2D eigenvalue weighted by Gasteiger charge is 2.29. The number of nitrogens with zero attached hydrogens (tertiary/aromatic N) is 2. The molecule has 0 bridgehead atoms. The van der Waals surface area contributed by atoms with Gasteiger partial charge in [0.1, 0.15) is 0 Å². The molecule has 1 saturated heterocycles. The highest BCUT2D eigenvalue weighted by molar-refractivity contribution is 5.78. The molecule has 1 fully saturated rings. The Balaban J connectivity index is 2.36. The first kappa shape index (κ1) is 17.4. The molecule has 0 aromatic heterocycles. The fourth-order valence-electron chi connectivity index (χ4n) is 2.56. The average Bonchev–Trinajstić information content (AvgIpc) is 2.42. The molecule has 0 spiro atoms. The monoisotopic (exact) mass is 284 g/mol. The molecule has 20 heavy (non-hydrogen) atoms. The van der Waals surface area contributed by atoms with Crippen LogP contribution in [0.4, 0.5) is 0 Å². The molecule has 0 aromatic carbocycles. The highest BCUT2D eigenvalue weighted by Crippen LogP contribution is 2.16. The maximum atomic E-state index is 12.1. The summed E-state index contributed by atoms with van der Waals surface area (Å²) in [4.78, 5) is 16.9. The fourth-order valence-corrected chi connectivity index (χ4v) is 2.56. The van der Waals surface area contributed by atoms with Crippen molar-refractivity contribution >= 4 is 5.91 Å². The molecule has 1 aliphatic heterocycles. The minimum Gasteiger partial charge on any atom is -0.354 e. The summed E-state index contributed by atoms with van der Waals surface area (Å²) >= 11 is 0. The lowest BCUT2D eigenvalue weighted by Gasteiger charge is -2.43. The minimum atomic E-state index is 0.0184. The third-order valence-electron chi connectivity index (χ3n) is 4.34. The van der Waals surface area contributed by atoms with Gasteiger partial charge < -0.3 is 16.0 Å². The number of nitrogens with one attached hydrogen (secondary N) is 1. The molecule has 5 nitrogen and oxygen atoms in total. The second-order valence-electron chi connectivity index (χ2n) is 6.65. The molecule has 5 heteroatoms. The van der Waals surface area contributed by atoms with E-state index in [1.54, 1.807) is 0 Å². The van der Waals surface area contributed by atoms with E-state index in [-0.39, 0.29) is 17.4 Å². The summed E-state index contributed by atoms with van der Waals surface area (Å²) in [5.74, 6) is 0.211. The van der Waals surface area contributed by atoms with Crippen LogP contribution >= 0.6 is 0 Å². The van der Waals surface area contributed by atoms with Crippen molar-refractivity contribution in [1.29, 1.82) is 0 Å². The highest BCUT2D eigenvalue weighted by atomic mass is 16.1. The topological polar surface area (TPSA) is 61.6 Å². The lowest BCUT2D eigenvalue weighted by atomic mass is 10.00. The fraction of sp³-hybridized carbons (Fsp3) is 0.933. The van der Waals surface area contributed by atoms with Crippen LogP contribution in [0.5, 0.6) is 0 Å². The van der Waals surface area contributed by atoms with Crippen molar-refractivity contribution in [2.45, 2.75) is 39.2 Å². The van der Waals surface area contributed by atoms with Crippen molar-refractivity contribution in [3.8, 4) is 0 Å². The Labute approximate surface area is 123 Å². The molecular weight excluding hydrogens is 252 g/mol. The van der Waals surface area contributed by atoms with Gasteiger partial charge in [-0.1, -0.05) is 6.92 Å². The van der Waals surface area contributed by atoms with Crippen molar-refractivity contribution in [1.82, 2.24) is 15.1 Å². The van der Waals surface area contributed by atoms with Crippen LogP contribution in [0.25, 0.3) is 0 Å². The molecule has 3 N–H and O–H groups in total. The Morgan fingerprint density at radius 3 is 2.45 bits per heavy atom. The quantitative estimate of drug-likeness (QED) is 0.715. The number of piperazine rings is 1. The maximum absolute atomic E-state index is 12.1. The van der Waals surface area contributed by atoms with Crippen LogP contribution in [0.1, 0.15) is 33.6 Å². The average molecular weight is 284 g/mol. The number of hydrogen-bond donors (Lipinski definition) is 2. The van der Waals surface area contributed by atoms with Gasteiger partial charge in [0.15, 0.2) is 0 Å². The number of rotatable bonds is 7. The Kier molecular flexibility index (Phi) is 6.92. The van der Waals surface area contributed by atoms with Crippen LogP contribution in [0.2, 0.25) is 0 Å². The van der Waals surface area contributed by atoms with Gasteiger partial charge in [-0.25, -0.2) is 0 Å². The van der Waals surface area contributed by atoms with Gasteiger partial charge in [-0.15, -0.1) is 0 Å². The maximum Gasteiger partial charge on any atom is 0.222 e. The zero-order valence-corrected chi connectivity index (χ0v) is 13.6. The van der Waals surface area contributed by atoms with Crippen molar-refractivity contribution < 1.29 is 4.79 Å². The van der Waals surface area contributed by atoms with E-state index < -0.39 is 0 Å². The van der Waals surface area contributed by atoms with Gasteiger partial charge >= 0.3 is 0 Å². The number of hydrogen-bond acceptors (Lipinski definition) is 4. The number of carbonyl (C=O) groups is 1. The SMILES string of the molecule is CC(CCCN)C(=O)NCC(C)(C)N1CCN(C)CC1. The predicted molar refractivity (Wildman–Crippen MR) is 83.6 cm³/mol. The number of likely N-dealkylation sites (N-methyl/N-ethyl adjacent to an activating group) is 1. The van der Waals surface area contributed by atoms with E-state index >= 15 is 0 Å². The first-order chi connectivity index (χ1) is 9.36. The van der Waals surface area contributed by atoms with E-state index in [1.807, 2.05) is 6.92 Å². The van der Waals surface area contributed by atoms with Crippen molar-refractivity contribution in [2.24, 2.45) is 11.7 Å². The lowest BCUT2D eigenvalue weighted by Crippen LogP contribution is -2.58. The van der Waals surface area contributed by atoms with Gasteiger partial charge in [-0.3, -0.25) is 9.69 Å². The normalized spacial score (nSPS) is 19.9. The second-order valence-corrected chi connectivity index (χ2v) is 6.65. The number of amides is 1. The molecule has 1 atom stereocenters. The van der Waals surface area contributed by atoms with Crippen LogP contribution < -0.4 is 11.1 Å². The van der Waals surface area contributed by atoms with E-state index in [2.05, 4.69) is 36.0 Å². The molecule has 1 rings (SSSR count). The Hall–Kier alpha value is -0.650. The minimum absolute atomic E-state index is 0.0184. The van der Waals surface area contributed by atoms with E-state index in [0.29, 0.717) is 13.1 Å². The molecule has 0 radical (unpaired) electrons. The summed E-state index contributed by atoms with van der Waals surface area (Å²) in [6.45, 7) is 12.1. The number of nitrogens with two attached hydrogens (primary N) is 1. The van der Waals surface area contributed by atoms with Gasteiger partial charge in [0.25, 0.3) is 0 Å². The van der Waals surface area contributed by atoms with Crippen LogP contribution in [-0.4, -0.2) is 67.6 Å². The third-order valence-corrected chi connectivity index (χ3v) is 4.34. The summed E-state index contributed by atoms with van der Waals surface area (Å²) in [6.07, 6.45) is 1.79. The molecule has 0 aromatic rings. The van der Waals surface area contributed by atoms with Crippen molar-refractivity contribution in [3.05, 3.63) is 0 Å². The molecule has 1 heterocycles. The van der Waals surface area contributed by atoms with Crippen LogP contribution in [0.3, 0.4) is 0 Å². The Bertz CT molecular complexity index is 298. The van der Waals surface area contributed by atoms with Gasteiger partial charge in [0.2, 0.25) is 5.91 Å². The summed E-state index contributed by atoms with van der Waals surface area (Å²) in [6, 6.07) is 0. The lowest BCUT2D eigenvalue weighted by molar-refractivity contribution is -0.125. The largest absolute Gasteiger partial charge is 0.354 e. The molecule has 1 amide bonds. The van der Waals surface area contributed by atoms with Gasteiger partial charge in [-0.2, -0.15) is 0 Å². The van der Waals surface area contributed by atoms with E-state index in [0.717, 1.165) is 39.0 Å².